The largest absolute Gasteiger partial charge is 0.394 e. The molecule has 0 aliphatic carbocycles. The van der Waals surface area contributed by atoms with Crippen molar-refractivity contribution < 1.29 is 24.5 Å². The molecule has 0 aromatic heterocycles. The second kappa shape index (κ2) is 4.59. The van der Waals surface area contributed by atoms with Gasteiger partial charge in [0.1, 0.15) is 6.10 Å². The lowest BCUT2D eigenvalue weighted by molar-refractivity contribution is -0.132. The average molecular weight is 244 g/mol. The highest BCUT2D eigenvalue weighted by Gasteiger charge is 2.43. The van der Waals surface area contributed by atoms with Gasteiger partial charge >= 0.3 is 6.03 Å². The zero-order valence-corrected chi connectivity index (χ0v) is 9.50. The molecule has 2 fully saturated rings. The van der Waals surface area contributed by atoms with Crippen LogP contribution in [0.15, 0.2) is 0 Å². The molecule has 3 amide bonds. The van der Waals surface area contributed by atoms with Crippen LogP contribution in [0.4, 0.5) is 4.79 Å². The number of carbonyl (C=O) groups is 2. The van der Waals surface area contributed by atoms with E-state index in [0.29, 0.717) is 6.42 Å². The Labute approximate surface area is 98.3 Å². The monoisotopic (exact) mass is 244 g/mol. The first kappa shape index (κ1) is 12.3. The molecule has 0 aromatic carbocycles. The van der Waals surface area contributed by atoms with Crippen molar-refractivity contribution in [2.75, 3.05) is 20.2 Å². The van der Waals surface area contributed by atoms with Crippen LogP contribution in [0.25, 0.3) is 0 Å². The number of aliphatic hydroxyl groups excluding tert-OH is 2. The minimum absolute atomic E-state index is 0.264. The Hall–Kier alpha value is -1.18. The summed E-state index contributed by atoms with van der Waals surface area (Å²) >= 11 is 0. The summed E-state index contributed by atoms with van der Waals surface area (Å²) in [6.45, 7) is -0.0129. The lowest BCUT2D eigenvalue weighted by Crippen LogP contribution is -2.56. The van der Waals surface area contributed by atoms with Crippen LogP contribution in [0, 0.1) is 5.92 Å². The molecule has 2 aliphatic heterocycles. The van der Waals surface area contributed by atoms with Crippen molar-refractivity contribution in [3.05, 3.63) is 0 Å². The van der Waals surface area contributed by atoms with E-state index in [1.807, 2.05) is 0 Å². The molecule has 7 nitrogen and oxygen atoms in total. The molecule has 0 spiro atoms. The van der Waals surface area contributed by atoms with Crippen LogP contribution in [-0.4, -0.2) is 65.6 Å². The maximum absolute atomic E-state index is 11.7. The van der Waals surface area contributed by atoms with Crippen LogP contribution < -0.4 is 5.32 Å². The molecule has 96 valence electrons. The second-order valence-corrected chi connectivity index (χ2v) is 4.48. The number of carbonyl (C=O) groups excluding carboxylic acids is 2. The van der Waals surface area contributed by atoms with Gasteiger partial charge in [-0.25, -0.2) is 4.79 Å². The van der Waals surface area contributed by atoms with Gasteiger partial charge < -0.3 is 19.8 Å². The first-order chi connectivity index (χ1) is 8.02. The molecular formula is C10H16N2O5. The quantitative estimate of drug-likeness (QED) is 0.537. The van der Waals surface area contributed by atoms with Gasteiger partial charge in [0.05, 0.1) is 24.7 Å². The van der Waals surface area contributed by atoms with Crippen molar-refractivity contribution in [1.29, 1.82) is 0 Å². The third-order valence-corrected chi connectivity index (χ3v) is 3.27. The predicted octanol–water partition coefficient (Wildman–Crippen LogP) is -1.71. The lowest BCUT2D eigenvalue weighted by Gasteiger charge is -2.32. The van der Waals surface area contributed by atoms with Crippen molar-refractivity contribution >= 4 is 11.9 Å². The van der Waals surface area contributed by atoms with E-state index in [-0.39, 0.29) is 19.1 Å². The Kier molecular flexibility index (Phi) is 3.32. The molecular weight excluding hydrogens is 228 g/mol. The number of hydrogen-bond acceptors (Lipinski definition) is 5. The summed E-state index contributed by atoms with van der Waals surface area (Å²) in [7, 11) is 1.59. The fourth-order valence-electron chi connectivity index (χ4n) is 2.23. The number of rotatable bonds is 2. The summed E-state index contributed by atoms with van der Waals surface area (Å²) in [6.07, 6.45) is -1.57. The molecule has 0 aromatic rings. The number of hydrogen-bond donors (Lipinski definition) is 3. The Morgan fingerprint density at radius 1 is 1.53 bits per heavy atom. The molecule has 4 atom stereocenters. The summed E-state index contributed by atoms with van der Waals surface area (Å²) in [6, 6.07) is -0.427. The van der Waals surface area contributed by atoms with Gasteiger partial charge in [-0.15, -0.1) is 0 Å². The van der Waals surface area contributed by atoms with Crippen molar-refractivity contribution in [3.63, 3.8) is 0 Å². The van der Waals surface area contributed by atoms with Crippen LogP contribution in [0.5, 0.6) is 0 Å². The van der Waals surface area contributed by atoms with Crippen LogP contribution in [-0.2, 0) is 9.53 Å². The van der Waals surface area contributed by atoms with Crippen LogP contribution >= 0.6 is 0 Å². The molecule has 1 unspecified atom stereocenters. The highest BCUT2D eigenvalue weighted by molar-refractivity contribution is 5.98. The normalized spacial score (nSPS) is 38.4. The van der Waals surface area contributed by atoms with Crippen molar-refractivity contribution in [2.45, 2.75) is 24.7 Å². The summed E-state index contributed by atoms with van der Waals surface area (Å²) in [5.74, 6) is -0.882. The fraction of sp³-hybridized carbons (Fsp3) is 0.800. The molecule has 17 heavy (non-hydrogen) atoms. The Morgan fingerprint density at radius 3 is 2.82 bits per heavy atom. The van der Waals surface area contributed by atoms with Gasteiger partial charge in [0.2, 0.25) is 5.91 Å². The number of nitrogens with one attached hydrogen (secondary N) is 1. The minimum Gasteiger partial charge on any atom is -0.394 e. The molecule has 2 aliphatic rings. The standard InChI is InChI=1S/C10H16N2O5/c1-12-3-5(9(15)11-10(12)16)7-2-6(14)8(4-13)17-7/h5-8,13-14H,2-4H2,1H3,(H,11,15,16)/t5?,6-,7+,8+/m0/s1. The first-order valence-corrected chi connectivity index (χ1v) is 5.53. The number of aliphatic hydroxyl groups is 2. The SMILES string of the molecule is CN1CC([C@H]2C[C@H](O)[C@@H](CO)O2)C(=O)NC1=O. The van der Waals surface area contributed by atoms with Crippen molar-refractivity contribution in [2.24, 2.45) is 5.92 Å². The average Bonchev–Trinajstić information content (AvgIpc) is 2.65. The smallest absolute Gasteiger partial charge is 0.323 e. The third-order valence-electron chi connectivity index (χ3n) is 3.27. The van der Waals surface area contributed by atoms with E-state index in [1.54, 1.807) is 7.05 Å². The van der Waals surface area contributed by atoms with Gasteiger partial charge in [-0.1, -0.05) is 0 Å². The Balaban J connectivity index is 2.03. The van der Waals surface area contributed by atoms with E-state index < -0.39 is 30.3 Å². The fourth-order valence-corrected chi connectivity index (χ4v) is 2.23. The number of amides is 3. The Morgan fingerprint density at radius 2 is 2.24 bits per heavy atom. The summed E-state index contributed by atoms with van der Waals surface area (Å²) in [5, 5.41) is 20.8. The first-order valence-electron chi connectivity index (χ1n) is 5.53. The van der Waals surface area contributed by atoms with Crippen LogP contribution in [0.2, 0.25) is 0 Å². The molecule has 0 radical (unpaired) electrons. The summed E-state index contributed by atoms with van der Waals surface area (Å²) < 4.78 is 5.42. The molecule has 2 heterocycles. The zero-order valence-electron chi connectivity index (χ0n) is 9.50. The predicted molar refractivity (Wildman–Crippen MR) is 56.0 cm³/mol. The molecule has 7 heteroatoms. The summed E-state index contributed by atoms with van der Waals surface area (Å²) in [5.41, 5.74) is 0. The maximum Gasteiger partial charge on any atom is 0.323 e. The van der Waals surface area contributed by atoms with Gasteiger partial charge in [0.25, 0.3) is 0 Å². The number of urea groups is 1. The Bertz CT molecular complexity index is 335. The topological polar surface area (TPSA) is 99.1 Å². The van der Waals surface area contributed by atoms with Gasteiger partial charge in [-0.3, -0.25) is 10.1 Å². The van der Waals surface area contributed by atoms with Crippen molar-refractivity contribution in [3.8, 4) is 0 Å². The van der Waals surface area contributed by atoms with Gasteiger partial charge in [0, 0.05) is 20.0 Å². The molecule has 2 saturated heterocycles. The maximum atomic E-state index is 11.7. The number of imide groups is 1. The molecule has 3 N–H and O–H groups in total. The number of ether oxygens (including phenoxy) is 1. The zero-order chi connectivity index (χ0) is 12.6. The molecule has 0 bridgehead atoms. The number of nitrogens with zero attached hydrogens (tertiary/aromatic N) is 1. The van der Waals surface area contributed by atoms with Gasteiger partial charge in [-0.2, -0.15) is 0 Å². The lowest BCUT2D eigenvalue weighted by atomic mass is 9.96. The highest BCUT2D eigenvalue weighted by Crippen LogP contribution is 2.27. The van der Waals surface area contributed by atoms with E-state index in [9.17, 15) is 14.7 Å². The van der Waals surface area contributed by atoms with Crippen LogP contribution in [0.1, 0.15) is 6.42 Å². The molecule has 2 rings (SSSR count). The highest BCUT2D eigenvalue weighted by atomic mass is 16.5. The van der Waals surface area contributed by atoms with E-state index >= 15 is 0 Å². The van der Waals surface area contributed by atoms with E-state index in [4.69, 9.17) is 9.84 Å². The second-order valence-electron chi connectivity index (χ2n) is 4.48. The van der Waals surface area contributed by atoms with E-state index in [0.717, 1.165) is 0 Å². The minimum atomic E-state index is -0.763. The van der Waals surface area contributed by atoms with E-state index in [2.05, 4.69) is 5.32 Å². The van der Waals surface area contributed by atoms with Crippen molar-refractivity contribution in [1.82, 2.24) is 10.2 Å². The molecule has 0 saturated carbocycles. The third kappa shape index (κ3) is 2.26. The van der Waals surface area contributed by atoms with Gasteiger partial charge in [-0.05, 0) is 0 Å². The van der Waals surface area contributed by atoms with E-state index in [1.165, 1.54) is 4.90 Å². The van der Waals surface area contributed by atoms with Gasteiger partial charge in [0.15, 0.2) is 0 Å². The van der Waals surface area contributed by atoms with Crippen LogP contribution in [0.3, 0.4) is 0 Å². The summed E-state index contributed by atoms with van der Waals surface area (Å²) in [4.78, 5) is 24.3.